The molecule has 0 bridgehead atoms. The molecule has 1 N–H and O–H groups in total. The molecule has 0 aromatic carbocycles. The first-order chi connectivity index (χ1) is 5.70. The second-order valence-corrected chi connectivity index (χ2v) is 5.57. The summed E-state index contributed by atoms with van der Waals surface area (Å²) in [4.78, 5) is 0. The van der Waals surface area contributed by atoms with Gasteiger partial charge in [-0.15, -0.1) is 4.72 Å². The van der Waals surface area contributed by atoms with Gasteiger partial charge in [-0.2, -0.15) is 0 Å². The molecule has 12 heavy (non-hydrogen) atoms. The molecule has 0 aliphatic heterocycles. The van der Waals surface area contributed by atoms with E-state index in [4.69, 9.17) is 0 Å². The van der Waals surface area contributed by atoms with Crippen LogP contribution in [0.15, 0.2) is 0 Å². The fraction of sp³-hybridized carbons (Fsp3) is 1.00. The predicted octanol–water partition coefficient (Wildman–Crippen LogP) is 1.98. The summed E-state index contributed by atoms with van der Waals surface area (Å²) in [6.07, 6.45) is 6.36. The SMILES string of the molecule is CC(C)[S@+]([O-])NC1CCCCC1. The van der Waals surface area contributed by atoms with Gasteiger partial charge in [0.05, 0.1) is 6.04 Å². The van der Waals surface area contributed by atoms with Crippen molar-refractivity contribution in [2.24, 2.45) is 0 Å². The Morgan fingerprint density at radius 1 is 1.25 bits per heavy atom. The third-order valence-corrected chi connectivity index (χ3v) is 3.74. The van der Waals surface area contributed by atoms with Gasteiger partial charge in [0.1, 0.15) is 5.25 Å². The summed E-state index contributed by atoms with van der Waals surface area (Å²) >= 11 is -0.819. The summed E-state index contributed by atoms with van der Waals surface area (Å²) in [6.45, 7) is 3.98. The van der Waals surface area contributed by atoms with E-state index < -0.39 is 11.4 Å². The van der Waals surface area contributed by atoms with Crippen LogP contribution in [0, 0.1) is 0 Å². The molecule has 0 amide bonds. The van der Waals surface area contributed by atoms with Crippen LogP contribution >= 0.6 is 0 Å². The van der Waals surface area contributed by atoms with E-state index in [1.54, 1.807) is 0 Å². The van der Waals surface area contributed by atoms with Crippen molar-refractivity contribution in [3.05, 3.63) is 0 Å². The lowest BCUT2D eigenvalue weighted by Gasteiger charge is -2.24. The van der Waals surface area contributed by atoms with Crippen LogP contribution in [0.2, 0.25) is 0 Å². The quantitative estimate of drug-likeness (QED) is 0.689. The van der Waals surface area contributed by atoms with Crippen molar-refractivity contribution in [2.45, 2.75) is 57.2 Å². The Hall–Kier alpha value is 0.270. The van der Waals surface area contributed by atoms with E-state index in [1.807, 2.05) is 13.8 Å². The van der Waals surface area contributed by atoms with Gasteiger partial charge in [0, 0.05) is 11.4 Å². The van der Waals surface area contributed by atoms with Crippen molar-refractivity contribution >= 4 is 11.4 Å². The highest BCUT2D eigenvalue weighted by Crippen LogP contribution is 2.18. The van der Waals surface area contributed by atoms with Crippen molar-refractivity contribution in [3.63, 3.8) is 0 Å². The van der Waals surface area contributed by atoms with E-state index in [0.717, 1.165) is 0 Å². The number of hydrogen-bond acceptors (Lipinski definition) is 2. The molecule has 1 aliphatic carbocycles. The molecule has 0 unspecified atom stereocenters. The van der Waals surface area contributed by atoms with E-state index in [9.17, 15) is 4.55 Å². The fourth-order valence-corrected chi connectivity index (χ4v) is 2.36. The monoisotopic (exact) mass is 189 g/mol. The minimum absolute atomic E-state index is 0.243. The van der Waals surface area contributed by atoms with Gasteiger partial charge in [0.25, 0.3) is 0 Å². The summed E-state index contributed by atoms with van der Waals surface area (Å²) in [5.74, 6) is 0. The molecule has 0 spiro atoms. The molecule has 0 aromatic heterocycles. The van der Waals surface area contributed by atoms with Gasteiger partial charge in [-0.3, -0.25) is 0 Å². The maximum Gasteiger partial charge on any atom is 0.129 e. The van der Waals surface area contributed by atoms with E-state index >= 15 is 0 Å². The molecule has 1 aliphatic rings. The third-order valence-electron chi connectivity index (χ3n) is 2.32. The van der Waals surface area contributed by atoms with E-state index in [-0.39, 0.29) is 5.25 Å². The van der Waals surface area contributed by atoms with Gasteiger partial charge in [-0.25, -0.2) is 0 Å². The lowest BCUT2D eigenvalue weighted by molar-refractivity contribution is 0.410. The first-order valence-electron chi connectivity index (χ1n) is 4.87. The van der Waals surface area contributed by atoms with Crippen molar-refractivity contribution in [3.8, 4) is 0 Å². The summed E-state index contributed by atoms with van der Waals surface area (Å²) in [5, 5.41) is 0.243. The molecule has 72 valence electrons. The van der Waals surface area contributed by atoms with Gasteiger partial charge in [-0.05, 0) is 26.7 Å². The minimum atomic E-state index is -0.819. The second-order valence-electron chi connectivity index (χ2n) is 3.80. The molecule has 0 radical (unpaired) electrons. The zero-order valence-electron chi connectivity index (χ0n) is 8.01. The smallest absolute Gasteiger partial charge is 0.129 e. The average molecular weight is 189 g/mol. The van der Waals surface area contributed by atoms with E-state index in [0.29, 0.717) is 6.04 Å². The molecule has 0 aromatic rings. The summed E-state index contributed by atoms with van der Waals surface area (Å²) < 4.78 is 14.6. The Balaban J connectivity index is 2.20. The van der Waals surface area contributed by atoms with Crippen molar-refractivity contribution in [1.29, 1.82) is 0 Å². The first-order valence-corrected chi connectivity index (χ1v) is 6.08. The van der Waals surface area contributed by atoms with Crippen molar-refractivity contribution < 1.29 is 4.55 Å². The van der Waals surface area contributed by atoms with Crippen molar-refractivity contribution in [1.82, 2.24) is 4.72 Å². The zero-order chi connectivity index (χ0) is 8.97. The van der Waals surface area contributed by atoms with E-state index in [2.05, 4.69) is 4.72 Å². The number of hydrogen-bond donors (Lipinski definition) is 1. The largest absolute Gasteiger partial charge is 0.598 e. The van der Waals surface area contributed by atoms with Gasteiger partial charge in [0.2, 0.25) is 0 Å². The average Bonchev–Trinajstić information content (AvgIpc) is 2.06. The van der Waals surface area contributed by atoms with Gasteiger partial charge >= 0.3 is 0 Å². The van der Waals surface area contributed by atoms with Crippen LogP contribution in [0.3, 0.4) is 0 Å². The van der Waals surface area contributed by atoms with Crippen LogP contribution in [0.4, 0.5) is 0 Å². The molecular weight excluding hydrogens is 170 g/mol. The molecule has 1 saturated carbocycles. The van der Waals surface area contributed by atoms with Gasteiger partial charge in [-0.1, -0.05) is 19.3 Å². The Morgan fingerprint density at radius 2 is 1.83 bits per heavy atom. The normalized spacial score (nSPS) is 23.0. The van der Waals surface area contributed by atoms with Gasteiger partial charge < -0.3 is 4.55 Å². The summed E-state index contributed by atoms with van der Waals surface area (Å²) in [5.41, 5.74) is 0. The van der Waals surface area contributed by atoms with E-state index in [1.165, 1.54) is 32.1 Å². The topological polar surface area (TPSA) is 35.1 Å². The minimum Gasteiger partial charge on any atom is -0.598 e. The highest BCUT2D eigenvalue weighted by Gasteiger charge is 2.20. The zero-order valence-corrected chi connectivity index (χ0v) is 8.82. The van der Waals surface area contributed by atoms with Crippen LogP contribution < -0.4 is 4.72 Å². The standard InChI is InChI=1S/C9H19NOS/c1-8(2)12(11)10-9-6-4-3-5-7-9/h8-10H,3-7H2,1-2H3/t12-/m0/s1. The maximum absolute atomic E-state index is 11.4. The fourth-order valence-electron chi connectivity index (χ4n) is 1.52. The Labute approximate surface area is 78.4 Å². The first kappa shape index (κ1) is 10.4. The third kappa shape index (κ3) is 3.33. The molecule has 2 nitrogen and oxygen atoms in total. The van der Waals surface area contributed by atoms with Crippen LogP contribution in [-0.4, -0.2) is 15.8 Å². The molecule has 3 heteroatoms. The Bertz CT molecular complexity index is 124. The molecule has 1 atom stereocenters. The van der Waals surface area contributed by atoms with Crippen LogP contribution in [0.25, 0.3) is 0 Å². The predicted molar refractivity (Wildman–Crippen MR) is 53.3 cm³/mol. The highest BCUT2D eigenvalue weighted by atomic mass is 32.2. The van der Waals surface area contributed by atoms with Gasteiger partial charge in [0.15, 0.2) is 0 Å². The molecular formula is C9H19NOS. The molecule has 0 heterocycles. The summed E-state index contributed by atoms with van der Waals surface area (Å²) in [6, 6.07) is 0.516. The van der Waals surface area contributed by atoms with Crippen LogP contribution in [0.5, 0.6) is 0 Å². The molecule has 0 saturated heterocycles. The van der Waals surface area contributed by atoms with Crippen LogP contribution in [-0.2, 0) is 11.4 Å². The van der Waals surface area contributed by atoms with Crippen LogP contribution in [0.1, 0.15) is 46.0 Å². The lowest BCUT2D eigenvalue weighted by atomic mass is 9.96. The lowest BCUT2D eigenvalue weighted by Crippen LogP contribution is -2.39. The Kier molecular flexibility index (Phi) is 4.40. The molecule has 1 rings (SSSR count). The number of rotatable bonds is 3. The Morgan fingerprint density at radius 3 is 2.33 bits per heavy atom. The second kappa shape index (κ2) is 5.10. The van der Waals surface area contributed by atoms with Crippen molar-refractivity contribution in [2.75, 3.05) is 0 Å². The highest BCUT2D eigenvalue weighted by molar-refractivity contribution is 7.90. The summed E-state index contributed by atoms with van der Waals surface area (Å²) in [7, 11) is 0. The number of nitrogens with one attached hydrogen (secondary N) is 1. The molecule has 1 fully saturated rings. The maximum atomic E-state index is 11.4.